The summed E-state index contributed by atoms with van der Waals surface area (Å²) in [5.74, 6) is -0.275. The number of halogens is 2. The molecule has 1 aromatic heterocycles. The Hall–Kier alpha value is -1.06. The second-order valence-electron chi connectivity index (χ2n) is 3.38. The van der Waals surface area contributed by atoms with Crippen molar-refractivity contribution in [2.45, 2.75) is 6.42 Å². The molecule has 0 aliphatic heterocycles. The number of nitrogens with one attached hydrogen (secondary N) is 1. The molecule has 0 bridgehead atoms. The van der Waals surface area contributed by atoms with Crippen LogP contribution in [-0.2, 0) is 6.42 Å². The number of hydrogen-bond donors (Lipinski definition) is 1. The largest absolute Gasteiger partial charge is 0.383 e. The van der Waals surface area contributed by atoms with Crippen LogP contribution >= 0.6 is 22.9 Å². The molecule has 2 aromatic rings. The van der Waals surface area contributed by atoms with Gasteiger partial charge in [-0.25, -0.2) is 4.39 Å². The molecule has 0 amide bonds. The molecule has 0 aliphatic rings. The summed E-state index contributed by atoms with van der Waals surface area (Å²) >= 11 is 7.65. The van der Waals surface area contributed by atoms with Crippen LogP contribution in [0.15, 0.2) is 35.7 Å². The molecule has 0 atom stereocenters. The van der Waals surface area contributed by atoms with E-state index in [4.69, 9.17) is 11.6 Å². The van der Waals surface area contributed by atoms with E-state index in [0.29, 0.717) is 10.7 Å². The number of thiophene rings is 1. The molecule has 2 rings (SSSR count). The molecule has 4 heteroatoms. The second-order valence-corrected chi connectivity index (χ2v) is 4.82. The van der Waals surface area contributed by atoms with E-state index in [1.54, 1.807) is 17.4 Å². The third kappa shape index (κ3) is 2.97. The minimum Gasteiger partial charge on any atom is -0.383 e. The molecule has 0 fully saturated rings. The van der Waals surface area contributed by atoms with Crippen molar-refractivity contribution in [3.05, 3.63) is 51.4 Å². The van der Waals surface area contributed by atoms with Gasteiger partial charge in [-0.2, -0.15) is 0 Å². The van der Waals surface area contributed by atoms with Crippen molar-refractivity contribution >= 4 is 28.6 Å². The molecule has 0 spiro atoms. The lowest BCUT2D eigenvalue weighted by atomic mass is 10.3. The Bertz CT molecular complexity index is 456. The maximum Gasteiger partial charge on any atom is 0.125 e. The molecule has 84 valence electrons. The molecule has 16 heavy (non-hydrogen) atoms. The van der Waals surface area contributed by atoms with Gasteiger partial charge in [0.2, 0.25) is 0 Å². The van der Waals surface area contributed by atoms with Gasteiger partial charge in [-0.05, 0) is 36.1 Å². The summed E-state index contributed by atoms with van der Waals surface area (Å²) in [5.41, 5.74) is 0.651. The van der Waals surface area contributed by atoms with E-state index >= 15 is 0 Å². The highest BCUT2D eigenvalue weighted by Gasteiger charge is 2.01. The summed E-state index contributed by atoms with van der Waals surface area (Å²) in [6, 6.07) is 8.43. The van der Waals surface area contributed by atoms with Crippen LogP contribution in [0, 0.1) is 5.82 Å². The second kappa shape index (κ2) is 5.32. The van der Waals surface area contributed by atoms with Crippen LogP contribution in [0.1, 0.15) is 4.88 Å². The highest BCUT2D eigenvalue weighted by atomic mass is 35.5. The predicted octanol–water partition coefficient (Wildman–Crippen LogP) is 4.20. The van der Waals surface area contributed by atoms with Crippen molar-refractivity contribution in [2.24, 2.45) is 0 Å². The first-order valence-corrected chi connectivity index (χ1v) is 6.23. The Morgan fingerprint density at radius 1 is 1.31 bits per heavy atom. The Morgan fingerprint density at radius 3 is 2.94 bits per heavy atom. The minimum absolute atomic E-state index is 0.275. The van der Waals surface area contributed by atoms with Crippen LogP contribution < -0.4 is 5.32 Å². The highest BCUT2D eigenvalue weighted by Crippen LogP contribution is 2.22. The molecule has 1 N–H and O–H groups in total. The predicted molar refractivity (Wildman–Crippen MR) is 67.9 cm³/mol. The molecule has 0 unspecified atom stereocenters. The van der Waals surface area contributed by atoms with Crippen LogP contribution in [0.4, 0.5) is 10.1 Å². The van der Waals surface area contributed by atoms with E-state index < -0.39 is 0 Å². The minimum atomic E-state index is -0.275. The van der Waals surface area contributed by atoms with Crippen LogP contribution in [0.2, 0.25) is 5.02 Å². The van der Waals surface area contributed by atoms with Crippen molar-refractivity contribution < 1.29 is 4.39 Å². The van der Waals surface area contributed by atoms with E-state index in [1.165, 1.54) is 17.0 Å². The molecule has 0 aliphatic carbocycles. The maximum atomic E-state index is 13.0. The zero-order valence-electron chi connectivity index (χ0n) is 8.54. The fraction of sp³-hybridized carbons (Fsp3) is 0.167. The summed E-state index contributed by atoms with van der Waals surface area (Å²) in [7, 11) is 0. The van der Waals surface area contributed by atoms with E-state index in [9.17, 15) is 4.39 Å². The normalized spacial score (nSPS) is 10.4. The van der Waals surface area contributed by atoms with Crippen LogP contribution in [0.5, 0.6) is 0 Å². The van der Waals surface area contributed by atoms with Crippen LogP contribution in [0.25, 0.3) is 0 Å². The molecular weight excluding hydrogens is 245 g/mol. The Balaban J connectivity index is 1.92. The lowest BCUT2D eigenvalue weighted by molar-refractivity contribution is 0.628. The molecule has 1 nitrogen and oxygen atoms in total. The Kier molecular flexibility index (Phi) is 3.80. The van der Waals surface area contributed by atoms with Gasteiger partial charge in [0.1, 0.15) is 5.82 Å². The quantitative estimate of drug-likeness (QED) is 0.864. The zero-order chi connectivity index (χ0) is 11.4. The van der Waals surface area contributed by atoms with Crippen LogP contribution in [0.3, 0.4) is 0 Å². The van der Waals surface area contributed by atoms with Crippen molar-refractivity contribution in [3.8, 4) is 0 Å². The van der Waals surface area contributed by atoms with E-state index in [0.717, 1.165) is 13.0 Å². The SMILES string of the molecule is Fc1ccc(Cl)c(NCCc2cccs2)c1. The monoisotopic (exact) mass is 255 g/mol. The zero-order valence-corrected chi connectivity index (χ0v) is 10.1. The molecule has 0 saturated carbocycles. The Labute approximate surface area is 103 Å². The third-order valence-electron chi connectivity index (χ3n) is 2.20. The summed E-state index contributed by atoms with van der Waals surface area (Å²) in [6.07, 6.45) is 0.921. The van der Waals surface area contributed by atoms with E-state index in [-0.39, 0.29) is 5.82 Å². The molecule has 1 heterocycles. The van der Waals surface area contributed by atoms with Gasteiger partial charge in [0.25, 0.3) is 0 Å². The van der Waals surface area contributed by atoms with Gasteiger partial charge in [0.05, 0.1) is 10.7 Å². The fourth-order valence-corrected chi connectivity index (χ4v) is 2.30. The van der Waals surface area contributed by atoms with Gasteiger partial charge in [0.15, 0.2) is 0 Å². The first kappa shape index (κ1) is 11.4. The number of anilines is 1. The molecule has 0 saturated heterocycles. The standard InChI is InChI=1S/C12H11ClFNS/c13-11-4-3-9(14)8-12(11)15-6-5-10-2-1-7-16-10/h1-4,7-8,15H,5-6H2. The molecular formula is C12H11ClFNS. The van der Waals surface area contributed by atoms with Gasteiger partial charge in [-0.3, -0.25) is 0 Å². The maximum absolute atomic E-state index is 13.0. The van der Waals surface area contributed by atoms with Gasteiger partial charge < -0.3 is 5.32 Å². The smallest absolute Gasteiger partial charge is 0.125 e. The van der Waals surface area contributed by atoms with Gasteiger partial charge in [0, 0.05) is 11.4 Å². The van der Waals surface area contributed by atoms with Gasteiger partial charge >= 0.3 is 0 Å². The summed E-state index contributed by atoms with van der Waals surface area (Å²) in [6.45, 7) is 0.754. The highest BCUT2D eigenvalue weighted by molar-refractivity contribution is 7.09. The summed E-state index contributed by atoms with van der Waals surface area (Å²) in [5, 5.41) is 5.72. The number of benzene rings is 1. The number of rotatable bonds is 4. The van der Waals surface area contributed by atoms with E-state index in [2.05, 4.69) is 11.4 Å². The van der Waals surface area contributed by atoms with E-state index in [1.807, 2.05) is 11.4 Å². The summed E-state index contributed by atoms with van der Waals surface area (Å²) < 4.78 is 13.0. The average molecular weight is 256 g/mol. The van der Waals surface area contributed by atoms with Crippen molar-refractivity contribution in [1.29, 1.82) is 0 Å². The number of hydrogen-bond acceptors (Lipinski definition) is 2. The lowest BCUT2D eigenvalue weighted by Gasteiger charge is -2.07. The third-order valence-corrected chi connectivity index (χ3v) is 3.46. The first-order valence-electron chi connectivity index (χ1n) is 4.97. The molecule has 0 radical (unpaired) electrons. The van der Waals surface area contributed by atoms with Crippen LogP contribution in [-0.4, -0.2) is 6.54 Å². The van der Waals surface area contributed by atoms with Crippen molar-refractivity contribution in [2.75, 3.05) is 11.9 Å². The van der Waals surface area contributed by atoms with Crippen molar-refractivity contribution in [3.63, 3.8) is 0 Å². The average Bonchev–Trinajstić information content (AvgIpc) is 2.76. The first-order chi connectivity index (χ1) is 7.75. The summed E-state index contributed by atoms with van der Waals surface area (Å²) in [4.78, 5) is 1.31. The van der Waals surface area contributed by atoms with Gasteiger partial charge in [-0.1, -0.05) is 17.7 Å². The topological polar surface area (TPSA) is 12.0 Å². The molecule has 1 aromatic carbocycles. The van der Waals surface area contributed by atoms with Gasteiger partial charge in [-0.15, -0.1) is 11.3 Å². The Morgan fingerprint density at radius 2 is 2.19 bits per heavy atom. The van der Waals surface area contributed by atoms with Crippen molar-refractivity contribution in [1.82, 2.24) is 0 Å². The lowest BCUT2D eigenvalue weighted by Crippen LogP contribution is -2.04. The fourth-order valence-electron chi connectivity index (χ4n) is 1.41.